The average Bonchev–Trinajstić information content (AvgIpc) is 1.66. The maximum absolute atomic E-state index is 12.8. The second kappa shape index (κ2) is 45.1. The zero-order chi connectivity index (χ0) is 97.2. The topological polar surface area (TPSA) is 333 Å². The summed E-state index contributed by atoms with van der Waals surface area (Å²) in [7, 11) is 0. The summed E-state index contributed by atoms with van der Waals surface area (Å²) < 4.78 is 29.2. The van der Waals surface area contributed by atoms with Crippen LogP contribution in [0.15, 0.2) is 247 Å². The zero-order valence-electron chi connectivity index (χ0n) is 77.6. The van der Waals surface area contributed by atoms with Gasteiger partial charge >= 0.3 is 22.9 Å². The molecule has 0 bridgehead atoms. The third kappa shape index (κ3) is 23.0. The molecule has 0 saturated heterocycles. The van der Waals surface area contributed by atoms with E-state index in [-0.39, 0.29) is 17.1 Å². The maximum atomic E-state index is 12.8. The van der Waals surface area contributed by atoms with E-state index in [9.17, 15) is 19.2 Å². The minimum atomic E-state index is -0.475. The monoisotopic (exact) mass is 1920 g/mol. The minimum absolute atomic E-state index is 0.107. The number of oxazole rings is 2. The van der Waals surface area contributed by atoms with E-state index in [1.165, 1.54) is 4.57 Å². The van der Waals surface area contributed by atoms with Gasteiger partial charge in [0.15, 0.2) is 11.2 Å². The second-order valence-corrected chi connectivity index (χ2v) is 33.9. The average molecular weight is 1920 g/mol. The molecule has 0 aliphatic carbocycles. The number of hydrogen-bond acceptors (Lipinski definition) is 20. The Bertz CT molecular complexity index is 7580. The first-order valence-corrected chi connectivity index (χ1v) is 47.0. The molecule has 0 aliphatic heterocycles. The van der Waals surface area contributed by atoms with E-state index in [2.05, 4.69) is 152 Å². The molecule has 700 valence electrons. The second-order valence-electron chi connectivity index (χ2n) is 32.2. The Morgan fingerprint density at radius 3 is 1.04 bits per heavy atom. The van der Waals surface area contributed by atoms with E-state index in [1.807, 2.05) is 170 Å². The van der Waals surface area contributed by atoms with E-state index >= 15 is 0 Å². The predicted octanol–water partition coefficient (Wildman–Crippen LogP) is 18.7. The molecule has 18 rings (SSSR count). The van der Waals surface area contributed by atoms with Crippen LogP contribution in [0, 0.1) is 47.4 Å². The van der Waals surface area contributed by atoms with E-state index < -0.39 is 5.76 Å². The van der Waals surface area contributed by atoms with Gasteiger partial charge in [-0.15, -0.1) is 0 Å². The van der Waals surface area contributed by atoms with Gasteiger partial charge in [-0.1, -0.05) is 173 Å². The quantitative estimate of drug-likeness (QED) is 0.0306. The SMILES string of the molecule is CCN(CC)CCOc1ccc(-n2c(=O)[nH]c3ccc(C#Cc4c(N)ncc5ccc(Cl)cc45)cc32)cc1.CCN(CC)CCOc1ccc(-n2c(=O)oc3ccc(C#Cc4c(N)ncc5ccc(Cl)cc45)cc32)cc1.CCN(CC)CCn1c(=O)[nH]c2ccc(C#Cc3c(N)ncc4ccc(Cl)cc34)cc21.CCN(CC)CCn1c(=O)oc2ccc(C#Cc3c(N)ncc4ccc(Cl)cc34)cc21. The number of nitrogens with one attached hydrogen (secondary N) is 2. The Morgan fingerprint density at radius 1 is 0.333 bits per heavy atom. The van der Waals surface area contributed by atoms with Crippen molar-refractivity contribution < 1.29 is 18.3 Å². The molecule has 0 atom stereocenters. The third-order valence-electron chi connectivity index (χ3n) is 24.0. The van der Waals surface area contributed by atoms with Gasteiger partial charge in [-0.05, 0) is 222 Å². The summed E-state index contributed by atoms with van der Waals surface area (Å²) in [5.74, 6) is 27.3. The van der Waals surface area contributed by atoms with Gasteiger partial charge in [0.05, 0.1) is 66.7 Å². The van der Waals surface area contributed by atoms with Gasteiger partial charge in [0, 0.05) is 149 Å². The fourth-order valence-corrected chi connectivity index (χ4v) is 16.7. The molecule has 10 aromatic carbocycles. The highest BCUT2D eigenvalue weighted by molar-refractivity contribution is 6.32. The summed E-state index contributed by atoms with van der Waals surface area (Å²) >= 11 is 24.7. The highest BCUT2D eigenvalue weighted by Crippen LogP contribution is 2.32. The fourth-order valence-electron chi connectivity index (χ4n) is 16.1. The first-order chi connectivity index (χ1) is 66.9. The summed E-state index contributed by atoms with van der Waals surface area (Å²) in [5.41, 5.74) is 36.5. The van der Waals surface area contributed by atoms with Crippen LogP contribution in [0.25, 0.3) is 98.7 Å². The van der Waals surface area contributed by atoms with Crippen molar-refractivity contribution in [2.45, 2.75) is 68.5 Å². The Labute approximate surface area is 816 Å². The molecular formula is C108H102Cl4N18O8. The number of aromatic amines is 2. The standard InChI is InChI=1S/C30H28ClN5O2.C30H27ClN4O3.C24H24ClN5O.C24H23ClN4O2/c1-3-35(4-2)15-16-38-24-11-9-23(10-12-24)36-28-17-20(6-14-27(28)34-30(36)37)5-13-25-26-18-22(31)8-7-21(26)19-33-29(25)32;1-3-34(4-2)15-16-37-24-11-9-23(10-12-24)35-27-17-20(6-14-28(27)38-30(35)36)5-13-25-26-18-22(31)8-7-21(26)19-33-29(25)32;1-3-29(4-2)11-12-30-22-13-16(6-10-21(22)28-24(30)31)5-9-19-20-14-18(25)8-7-17(20)15-27-23(19)26;1-3-28(4-2)11-12-29-21-13-16(6-10-22(21)31-24(29)30)5-9-19-20-14-18(25)8-7-17(20)15-27-23(19)26/h6-12,14,17-19H,3-4,15-16H2,1-2H3,(H2,32,33)(H,34,37);6-12,14,17-19H,3-4,15-16H2,1-2H3,(H2,32,33);6-8,10,13-15H,3-4,11-12H2,1-2H3,(H2,26,27)(H,28,31);6-8,10,13-15H,3-4,11-12H2,1-2H3,(H2,26,27). The largest absolute Gasteiger partial charge is 0.492 e. The number of benzene rings is 10. The van der Waals surface area contributed by atoms with Crippen LogP contribution >= 0.6 is 46.4 Å². The van der Waals surface area contributed by atoms with E-state index in [0.29, 0.717) is 120 Å². The fraction of sp³-hybridized carbons (Fsp3) is 0.222. The number of H-pyrrole nitrogens is 2. The molecule has 26 nitrogen and oxygen atoms in total. The van der Waals surface area contributed by atoms with Gasteiger partial charge in [0.2, 0.25) is 0 Å². The van der Waals surface area contributed by atoms with Crippen LogP contribution in [0.4, 0.5) is 23.3 Å². The number of nitrogens with zero attached hydrogens (tertiary/aromatic N) is 12. The number of nitrogen functional groups attached to an aromatic ring is 4. The lowest BCUT2D eigenvalue weighted by atomic mass is 10.1. The summed E-state index contributed by atoms with van der Waals surface area (Å²) in [6.07, 6.45) is 6.83. The van der Waals surface area contributed by atoms with Gasteiger partial charge in [-0.2, -0.15) is 0 Å². The molecule has 0 unspecified atom stereocenters. The van der Waals surface area contributed by atoms with Crippen molar-refractivity contribution in [1.82, 2.24) is 67.8 Å². The number of hydrogen-bond donors (Lipinski definition) is 6. The highest BCUT2D eigenvalue weighted by atomic mass is 35.5. The van der Waals surface area contributed by atoms with Crippen LogP contribution in [0.5, 0.6) is 11.5 Å². The molecule has 0 radical (unpaired) electrons. The lowest BCUT2D eigenvalue weighted by Crippen LogP contribution is -2.30. The van der Waals surface area contributed by atoms with Crippen LogP contribution in [0.3, 0.4) is 0 Å². The Kier molecular flexibility index (Phi) is 31.8. The normalized spacial score (nSPS) is 11.2. The summed E-state index contributed by atoms with van der Waals surface area (Å²) in [5, 5.41) is 9.46. The van der Waals surface area contributed by atoms with Crippen molar-refractivity contribution in [3.63, 3.8) is 0 Å². The molecule has 8 aromatic heterocycles. The van der Waals surface area contributed by atoms with Crippen molar-refractivity contribution in [2.75, 3.05) is 115 Å². The molecule has 0 amide bonds. The smallest absolute Gasteiger partial charge is 0.424 e. The Hall–Kier alpha value is -15.0. The van der Waals surface area contributed by atoms with Gasteiger partial charge in [0.1, 0.15) is 48.0 Å². The summed E-state index contributed by atoms with van der Waals surface area (Å²) in [4.78, 5) is 82.4. The molecule has 0 saturated carbocycles. The van der Waals surface area contributed by atoms with E-state index in [4.69, 9.17) is 87.6 Å². The van der Waals surface area contributed by atoms with Crippen molar-refractivity contribution in [3.8, 4) is 70.2 Å². The van der Waals surface area contributed by atoms with Crippen LogP contribution in [0.2, 0.25) is 20.1 Å². The predicted molar refractivity (Wildman–Crippen MR) is 559 cm³/mol. The van der Waals surface area contributed by atoms with Crippen LogP contribution in [-0.2, 0) is 13.1 Å². The molecule has 0 fully saturated rings. The van der Waals surface area contributed by atoms with Crippen molar-refractivity contribution in [3.05, 3.63) is 326 Å². The van der Waals surface area contributed by atoms with E-state index in [0.717, 1.165) is 183 Å². The number of aromatic nitrogens is 10. The third-order valence-corrected chi connectivity index (χ3v) is 24.9. The van der Waals surface area contributed by atoms with Crippen molar-refractivity contribution in [1.29, 1.82) is 0 Å². The number of pyridine rings is 4. The van der Waals surface area contributed by atoms with Crippen LogP contribution in [-0.4, -0.2) is 160 Å². The number of likely N-dealkylation sites (N-methyl/N-ethyl adjacent to an activating group) is 4. The summed E-state index contributed by atoms with van der Waals surface area (Å²) in [6.45, 7) is 30.4. The number of imidazole rings is 2. The van der Waals surface area contributed by atoms with Crippen molar-refractivity contribution >= 4 is 157 Å². The van der Waals surface area contributed by atoms with Crippen molar-refractivity contribution in [2.24, 2.45) is 0 Å². The van der Waals surface area contributed by atoms with E-state index in [1.54, 1.807) is 62.8 Å². The lowest BCUT2D eigenvalue weighted by Gasteiger charge is -2.18. The molecule has 0 spiro atoms. The summed E-state index contributed by atoms with van der Waals surface area (Å²) in [6, 6.07) is 59.2. The molecule has 8 heterocycles. The van der Waals surface area contributed by atoms with Crippen LogP contribution < -0.4 is 55.3 Å². The Morgan fingerprint density at radius 2 is 0.652 bits per heavy atom. The number of nitrogens with two attached hydrogens (primary N) is 4. The molecule has 10 N–H and O–H groups in total. The first-order valence-electron chi connectivity index (χ1n) is 45.5. The molecule has 0 aliphatic rings. The molecule has 18 aromatic rings. The van der Waals surface area contributed by atoms with Crippen LogP contribution in [0.1, 0.15) is 99.9 Å². The number of ether oxygens (including phenoxy) is 2. The Balaban J connectivity index is 0.000000140. The number of halogens is 4. The van der Waals surface area contributed by atoms with Gasteiger partial charge < -0.3 is 70.8 Å². The lowest BCUT2D eigenvalue weighted by molar-refractivity contribution is 0.223. The molecule has 138 heavy (non-hydrogen) atoms. The molecular weight excluding hydrogens is 1820 g/mol. The minimum Gasteiger partial charge on any atom is -0.492 e. The maximum Gasteiger partial charge on any atom is 0.424 e. The van der Waals surface area contributed by atoms with Gasteiger partial charge in [-0.25, -0.2) is 43.7 Å². The highest BCUT2D eigenvalue weighted by Gasteiger charge is 2.19. The number of rotatable bonds is 24. The number of fused-ring (bicyclic) bond motifs is 8. The first kappa shape index (κ1) is 97.5. The zero-order valence-corrected chi connectivity index (χ0v) is 80.6. The van der Waals surface area contributed by atoms with Gasteiger partial charge in [0.25, 0.3) is 0 Å². The molecule has 30 heteroatoms. The number of anilines is 4. The van der Waals surface area contributed by atoms with Gasteiger partial charge in [-0.3, -0.25) is 13.7 Å².